The Morgan fingerprint density at radius 2 is 1.89 bits per heavy atom. The summed E-state index contributed by atoms with van der Waals surface area (Å²) >= 11 is 0. The minimum absolute atomic E-state index is 0.300. The summed E-state index contributed by atoms with van der Waals surface area (Å²) in [6, 6.07) is 7.27. The first kappa shape index (κ1) is 14.3. The molecule has 106 valence electrons. The molecular formula is C13H19NO4S. The van der Waals surface area contributed by atoms with Crippen LogP contribution in [0.4, 0.5) is 0 Å². The van der Waals surface area contributed by atoms with Gasteiger partial charge in [0.25, 0.3) is 0 Å². The van der Waals surface area contributed by atoms with Crippen LogP contribution >= 0.6 is 0 Å². The van der Waals surface area contributed by atoms with Crippen molar-refractivity contribution in [2.75, 3.05) is 20.8 Å². The first-order valence-electron chi connectivity index (χ1n) is 6.15. The topological polar surface area (TPSA) is 66.8 Å². The molecule has 5 nitrogen and oxygen atoms in total. The Hall–Kier alpha value is -1.11. The van der Waals surface area contributed by atoms with Crippen molar-refractivity contribution in [1.29, 1.82) is 0 Å². The Bertz CT molecular complexity index is 534. The van der Waals surface area contributed by atoms with E-state index in [0.29, 0.717) is 19.4 Å². The number of hydrogen-bond acceptors (Lipinski definition) is 4. The van der Waals surface area contributed by atoms with E-state index in [9.17, 15) is 13.5 Å². The van der Waals surface area contributed by atoms with Gasteiger partial charge in [0.2, 0.25) is 10.0 Å². The highest BCUT2D eigenvalue weighted by Crippen LogP contribution is 2.44. The number of ether oxygens (including phenoxy) is 1. The molecule has 0 amide bonds. The maximum atomic E-state index is 12.3. The van der Waals surface area contributed by atoms with Crippen LogP contribution in [-0.2, 0) is 16.6 Å². The first-order valence-corrected chi connectivity index (χ1v) is 7.59. The van der Waals surface area contributed by atoms with E-state index >= 15 is 0 Å². The Kier molecular flexibility index (Phi) is 3.85. The number of rotatable bonds is 6. The molecule has 0 radical (unpaired) electrons. The molecule has 1 aromatic rings. The van der Waals surface area contributed by atoms with E-state index in [-0.39, 0.29) is 6.61 Å². The second-order valence-corrected chi connectivity index (χ2v) is 7.39. The Balaban J connectivity index is 2.10. The third-order valence-corrected chi connectivity index (χ3v) is 6.20. The molecule has 1 saturated carbocycles. The predicted molar refractivity (Wildman–Crippen MR) is 72.4 cm³/mol. The van der Waals surface area contributed by atoms with Crippen molar-refractivity contribution in [3.63, 3.8) is 0 Å². The zero-order chi connectivity index (χ0) is 14.1. The third-order valence-electron chi connectivity index (χ3n) is 3.62. The monoisotopic (exact) mass is 285 g/mol. The predicted octanol–water partition coefficient (Wildman–Crippen LogP) is 0.982. The van der Waals surface area contributed by atoms with Gasteiger partial charge in [-0.25, -0.2) is 12.7 Å². The smallest absolute Gasteiger partial charge is 0.222 e. The zero-order valence-electron chi connectivity index (χ0n) is 11.2. The maximum Gasteiger partial charge on any atom is 0.222 e. The largest absolute Gasteiger partial charge is 0.497 e. The minimum atomic E-state index is -3.44. The summed E-state index contributed by atoms with van der Waals surface area (Å²) in [5.74, 6) is 0.739. The fourth-order valence-corrected chi connectivity index (χ4v) is 3.80. The summed E-state index contributed by atoms with van der Waals surface area (Å²) in [5.41, 5.74) is 0.889. The number of benzene rings is 1. The van der Waals surface area contributed by atoms with Gasteiger partial charge in [-0.2, -0.15) is 0 Å². The van der Waals surface area contributed by atoms with Crippen LogP contribution in [0.5, 0.6) is 5.75 Å². The Labute approximate surface area is 113 Å². The second-order valence-electron chi connectivity index (χ2n) is 4.95. The van der Waals surface area contributed by atoms with E-state index in [1.807, 2.05) is 12.1 Å². The molecule has 0 atom stereocenters. The normalized spacial score (nSPS) is 17.5. The average molecular weight is 285 g/mol. The van der Waals surface area contributed by atoms with Crippen molar-refractivity contribution in [3.8, 4) is 5.75 Å². The van der Waals surface area contributed by atoms with Gasteiger partial charge in [-0.3, -0.25) is 0 Å². The SMILES string of the molecule is COc1ccc(CN(C)S(=O)(=O)C2(CO)CC2)cc1. The maximum absolute atomic E-state index is 12.3. The lowest BCUT2D eigenvalue weighted by Gasteiger charge is -2.22. The number of methoxy groups -OCH3 is 1. The van der Waals surface area contributed by atoms with E-state index in [2.05, 4.69) is 0 Å². The van der Waals surface area contributed by atoms with E-state index in [0.717, 1.165) is 11.3 Å². The molecule has 1 N–H and O–H groups in total. The molecule has 6 heteroatoms. The van der Waals surface area contributed by atoms with Crippen molar-refractivity contribution in [2.24, 2.45) is 0 Å². The number of hydrogen-bond donors (Lipinski definition) is 1. The average Bonchev–Trinajstić information content (AvgIpc) is 3.21. The summed E-state index contributed by atoms with van der Waals surface area (Å²) < 4.78 is 30.1. The van der Waals surface area contributed by atoms with Gasteiger partial charge in [0.1, 0.15) is 10.5 Å². The van der Waals surface area contributed by atoms with Gasteiger partial charge >= 0.3 is 0 Å². The van der Waals surface area contributed by atoms with Crippen molar-refractivity contribution < 1.29 is 18.3 Å². The lowest BCUT2D eigenvalue weighted by Crippen LogP contribution is -2.39. The molecule has 0 bridgehead atoms. The van der Waals surface area contributed by atoms with Crippen LogP contribution in [0.15, 0.2) is 24.3 Å². The van der Waals surface area contributed by atoms with Gasteiger partial charge in [-0.15, -0.1) is 0 Å². The minimum Gasteiger partial charge on any atom is -0.497 e. The first-order chi connectivity index (χ1) is 8.95. The van der Waals surface area contributed by atoms with Gasteiger partial charge in [0.05, 0.1) is 13.7 Å². The summed E-state index contributed by atoms with van der Waals surface area (Å²) in [5, 5.41) is 9.25. The van der Waals surface area contributed by atoms with Crippen LogP contribution in [0.2, 0.25) is 0 Å². The van der Waals surface area contributed by atoms with E-state index in [1.54, 1.807) is 26.3 Å². The molecule has 1 fully saturated rings. The lowest BCUT2D eigenvalue weighted by molar-refractivity contribution is 0.278. The fourth-order valence-electron chi connectivity index (χ4n) is 2.04. The van der Waals surface area contributed by atoms with Gasteiger partial charge < -0.3 is 9.84 Å². The molecule has 0 unspecified atom stereocenters. The zero-order valence-corrected chi connectivity index (χ0v) is 12.0. The van der Waals surface area contributed by atoms with Crippen LogP contribution in [-0.4, -0.2) is 43.3 Å². The Morgan fingerprint density at radius 3 is 2.32 bits per heavy atom. The highest BCUT2D eigenvalue weighted by molar-refractivity contribution is 7.90. The molecule has 0 spiro atoms. The van der Waals surface area contributed by atoms with Crippen LogP contribution in [0, 0.1) is 0 Å². The molecule has 1 aromatic carbocycles. The van der Waals surface area contributed by atoms with Gasteiger partial charge in [0, 0.05) is 13.6 Å². The molecule has 2 rings (SSSR count). The van der Waals surface area contributed by atoms with Crippen LogP contribution in [0.25, 0.3) is 0 Å². The lowest BCUT2D eigenvalue weighted by atomic mass is 10.2. The molecule has 0 aromatic heterocycles. The second kappa shape index (κ2) is 5.11. The molecule has 1 aliphatic carbocycles. The highest BCUT2D eigenvalue weighted by Gasteiger charge is 2.55. The third kappa shape index (κ3) is 2.61. The summed E-state index contributed by atoms with van der Waals surface area (Å²) in [6.45, 7) is -0.00361. The molecule has 0 heterocycles. The Morgan fingerprint density at radius 1 is 1.32 bits per heavy atom. The van der Waals surface area contributed by atoms with Crippen LogP contribution in [0.1, 0.15) is 18.4 Å². The van der Waals surface area contributed by atoms with Gasteiger partial charge in [0.15, 0.2) is 0 Å². The van der Waals surface area contributed by atoms with Crippen molar-refractivity contribution in [3.05, 3.63) is 29.8 Å². The van der Waals surface area contributed by atoms with Crippen molar-refractivity contribution >= 4 is 10.0 Å². The quantitative estimate of drug-likeness (QED) is 0.846. The van der Waals surface area contributed by atoms with E-state index in [4.69, 9.17) is 4.74 Å². The fraction of sp³-hybridized carbons (Fsp3) is 0.538. The van der Waals surface area contributed by atoms with Gasteiger partial charge in [-0.1, -0.05) is 12.1 Å². The molecule has 1 aliphatic rings. The number of aliphatic hydroxyl groups is 1. The number of aliphatic hydroxyl groups excluding tert-OH is 1. The number of nitrogens with zero attached hydrogens (tertiary/aromatic N) is 1. The summed E-state index contributed by atoms with van der Waals surface area (Å²) in [4.78, 5) is 0. The van der Waals surface area contributed by atoms with Crippen LogP contribution < -0.4 is 4.74 Å². The molecular weight excluding hydrogens is 266 g/mol. The molecule has 0 aliphatic heterocycles. The van der Waals surface area contributed by atoms with Crippen molar-refractivity contribution in [2.45, 2.75) is 24.1 Å². The standard InChI is InChI=1S/C13H19NO4S/c1-14(19(16,17)13(10-15)7-8-13)9-11-3-5-12(18-2)6-4-11/h3-6,15H,7-10H2,1-2H3. The summed E-state index contributed by atoms with van der Waals surface area (Å²) in [7, 11) is -0.301. The number of sulfonamides is 1. The van der Waals surface area contributed by atoms with Gasteiger partial charge in [-0.05, 0) is 30.5 Å². The highest BCUT2D eigenvalue weighted by atomic mass is 32.2. The molecule has 19 heavy (non-hydrogen) atoms. The van der Waals surface area contributed by atoms with Crippen molar-refractivity contribution in [1.82, 2.24) is 4.31 Å². The van der Waals surface area contributed by atoms with E-state index < -0.39 is 14.8 Å². The summed E-state index contributed by atoms with van der Waals surface area (Å²) in [6.07, 6.45) is 1.08. The van der Waals surface area contributed by atoms with E-state index in [1.165, 1.54) is 4.31 Å². The van der Waals surface area contributed by atoms with Crippen LogP contribution in [0.3, 0.4) is 0 Å². The molecule has 0 saturated heterocycles.